The van der Waals surface area contributed by atoms with Gasteiger partial charge in [-0.1, -0.05) is 26.2 Å². The fourth-order valence-electron chi connectivity index (χ4n) is 3.87. The third-order valence-corrected chi connectivity index (χ3v) is 5.02. The summed E-state index contributed by atoms with van der Waals surface area (Å²) in [5.41, 5.74) is 0.641. The lowest BCUT2D eigenvalue weighted by molar-refractivity contribution is -0.140. The first-order valence-electron chi connectivity index (χ1n) is 7.64. The molecular weight excluding hydrogens is 226 g/mol. The average Bonchev–Trinajstić information content (AvgIpc) is 2.80. The second kappa shape index (κ2) is 6.05. The van der Waals surface area contributed by atoms with E-state index in [-0.39, 0.29) is 6.04 Å². The summed E-state index contributed by atoms with van der Waals surface area (Å²) in [6, 6.07) is 0.0986. The number of carbonyl (C=O) groups is 1. The van der Waals surface area contributed by atoms with E-state index in [1.165, 1.54) is 51.4 Å². The Morgan fingerprint density at radius 2 is 1.89 bits per heavy atom. The molecule has 1 unspecified atom stereocenters. The number of carboxylic acid groups (broad SMARTS) is 1. The molecule has 1 atom stereocenters. The van der Waals surface area contributed by atoms with Gasteiger partial charge >= 0.3 is 5.97 Å². The highest BCUT2D eigenvalue weighted by Gasteiger charge is 2.38. The number of nitrogens with one attached hydrogen (secondary N) is 1. The molecule has 1 spiro atoms. The molecule has 0 aromatic carbocycles. The molecule has 2 saturated carbocycles. The fourth-order valence-corrected chi connectivity index (χ4v) is 3.87. The van der Waals surface area contributed by atoms with Crippen LogP contribution in [-0.4, -0.2) is 23.2 Å². The van der Waals surface area contributed by atoms with Gasteiger partial charge in [0.2, 0.25) is 0 Å². The first-order valence-corrected chi connectivity index (χ1v) is 7.64. The molecule has 0 saturated heterocycles. The first-order chi connectivity index (χ1) is 8.65. The minimum Gasteiger partial charge on any atom is -0.480 e. The van der Waals surface area contributed by atoms with E-state index in [1.54, 1.807) is 0 Å². The van der Waals surface area contributed by atoms with E-state index in [1.807, 2.05) is 6.92 Å². The fraction of sp³-hybridized carbons (Fsp3) is 0.933. The normalized spacial score (nSPS) is 25.4. The summed E-state index contributed by atoms with van der Waals surface area (Å²) >= 11 is 0. The van der Waals surface area contributed by atoms with Crippen LogP contribution in [0.3, 0.4) is 0 Å². The molecule has 0 heterocycles. The van der Waals surface area contributed by atoms with Crippen molar-refractivity contribution in [2.45, 2.75) is 83.2 Å². The Balaban J connectivity index is 1.80. The Morgan fingerprint density at radius 1 is 1.28 bits per heavy atom. The van der Waals surface area contributed by atoms with Crippen LogP contribution in [0.5, 0.6) is 0 Å². The van der Waals surface area contributed by atoms with E-state index in [0.29, 0.717) is 11.5 Å². The van der Waals surface area contributed by atoms with Crippen LogP contribution >= 0.6 is 0 Å². The monoisotopic (exact) mass is 253 g/mol. The number of carboxylic acids is 1. The van der Waals surface area contributed by atoms with Crippen molar-refractivity contribution in [1.82, 2.24) is 5.32 Å². The zero-order valence-electron chi connectivity index (χ0n) is 11.6. The molecule has 0 aromatic heterocycles. The lowest BCUT2D eigenvalue weighted by atomic mass is 9.71. The van der Waals surface area contributed by atoms with Crippen LogP contribution < -0.4 is 5.32 Å². The van der Waals surface area contributed by atoms with Gasteiger partial charge in [-0.15, -0.1) is 0 Å². The lowest BCUT2D eigenvalue weighted by Gasteiger charge is -2.38. The molecule has 2 fully saturated rings. The SMILES string of the molecule is CCCC(NC1CCC2(CCCC2)CC1)C(=O)O. The molecule has 2 aliphatic carbocycles. The summed E-state index contributed by atoms with van der Waals surface area (Å²) < 4.78 is 0. The van der Waals surface area contributed by atoms with E-state index in [9.17, 15) is 9.90 Å². The van der Waals surface area contributed by atoms with Crippen LogP contribution in [0, 0.1) is 5.41 Å². The first kappa shape index (κ1) is 13.9. The van der Waals surface area contributed by atoms with Crippen molar-refractivity contribution in [1.29, 1.82) is 0 Å². The van der Waals surface area contributed by atoms with E-state index in [0.717, 1.165) is 12.8 Å². The predicted octanol–water partition coefficient (Wildman–Crippen LogP) is 3.33. The summed E-state index contributed by atoms with van der Waals surface area (Å²) in [7, 11) is 0. The van der Waals surface area contributed by atoms with Crippen molar-refractivity contribution < 1.29 is 9.90 Å². The Kier molecular flexibility index (Phi) is 4.66. The third kappa shape index (κ3) is 3.25. The molecule has 0 amide bonds. The van der Waals surface area contributed by atoms with Crippen LogP contribution in [0.1, 0.15) is 71.1 Å². The highest BCUT2D eigenvalue weighted by atomic mass is 16.4. The number of rotatable bonds is 5. The Bertz CT molecular complexity index is 274. The van der Waals surface area contributed by atoms with Crippen molar-refractivity contribution in [2.24, 2.45) is 5.41 Å². The zero-order valence-corrected chi connectivity index (χ0v) is 11.6. The van der Waals surface area contributed by atoms with Crippen molar-refractivity contribution in [3.63, 3.8) is 0 Å². The summed E-state index contributed by atoms with van der Waals surface area (Å²) in [6.07, 6.45) is 12.3. The maximum atomic E-state index is 11.2. The molecule has 3 heteroatoms. The van der Waals surface area contributed by atoms with Crippen molar-refractivity contribution in [3.05, 3.63) is 0 Å². The number of hydrogen-bond acceptors (Lipinski definition) is 2. The summed E-state index contributed by atoms with van der Waals surface area (Å²) in [5.74, 6) is -0.682. The largest absolute Gasteiger partial charge is 0.480 e. The topological polar surface area (TPSA) is 49.3 Å². The van der Waals surface area contributed by atoms with Gasteiger partial charge < -0.3 is 10.4 Å². The Labute approximate surface area is 110 Å². The van der Waals surface area contributed by atoms with Gasteiger partial charge in [-0.05, 0) is 50.4 Å². The molecule has 2 N–H and O–H groups in total. The highest BCUT2D eigenvalue weighted by molar-refractivity contribution is 5.73. The molecule has 3 nitrogen and oxygen atoms in total. The van der Waals surface area contributed by atoms with Gasteiger partial charge in [0, 0.05) is 6.04 Å². The van der Waals surface area contributed by atoms with Crippen molar-refractivity contribution in [2.75, 3.05) is 0 Å². The smallest absolute Gasteiger partial charge is 0.320 e. The molecule has 104 valence electrons. The van der Waals surface area contributed by atoms with E-state index < -0.39 is 5.97 Å². The van der Waals surface area contributed by atoms with Crippen LogP contribution in [0.2, 0.25) is 0 Å². The molecule has 0 aromatic rings. The van der Waals surface area contributed by atoms with Crippen LogP contribution in [0.15, 0.2) is 0 Å². The minimum atomic E-state index is -0.682. The zero-order chi connectivity index (χ0) is 13.0. The van der Waals surface area contributed by atoms with Crippen molar-refractivity contribution in [3.8, 4) is 0 Å². The maximum absolute atomic E-state index is 11.2. The van der Waals surface area contributed by atoms with Gasteiger partial charge in [0.25, 0.3) is 0 Å². The molecule has 2 rings (SSSR count). The van der Waals surface area contributed by atoms with Gasteiger partial charge in [0.1, 0.15) is 6.04 Å². The third-order valence-electron chi connectivity index (χ3n) is 5.02. The molecule has 18 heavy (non-hydrogen) atoms. The average molecular weight is 253 g/mol. The van der Waals surface area contributed by atoms with E-state index >= 15 is 0 Å². The van der Waals surface area contributed by atoms with Crippen LogP contribution in [0.25, 0.3) is 0 Å². The van der Waals surface area contributed by atoms with Gasteiger partial charge in [-0.2, -0.15) is 0 Å². The van der Waals surface area contributed by atoms with Gasteiger partial charge in [0.05, 0.1) is 0 Å². The molecule has 2 aliphatic rings. The van der Waals surface area contributed by atoms with Gasteiger partial charge in [0.15, 0.2) is 0 Å². The van der Waals surface area contributed by atoms with Gasteiger partial charge in [-0.25, -0.2) is 0 Å². The van der Waals surface area contributed by atoms with Gasteiger partial charge in [-0.3, -0.25) is 4.79 Å². The molecular formula is C15H27NO2. The second-order valence-corrected chi connectivity index (χ2v) is 6.33. The minimum absolute atomic E-state index is 0.336. The second-order valence-electron chi connectivity index (χ2n) is 6.33. The van der Waals surface area contributed by atoms with E-state index in [4.69, 9.17) is 0 Å². The Morgan fingerprint density at radius 3 is 2.39 bits per heavy atom. The quantitative estimate of drug-likeness (QED) is 0.790. The number of hydrogen-bond donors (Lipinski definition) is 2. The van der Waals surface area contributed by atoms with Crippen LogP contribution in [0.4, 0.5) is 0 Å². The molecule has 0 aliphatic heterocycles. The van der Waals surface area contributed by atoms with Crippen LogP contribution in [-0.2, 0) is 4.79 Å². The lowest BCUT2D eigenvalue weighted by Crippen LogP contribution is -2.45. The number of aliphatic carboxylic acids is 1. The molecule has 0 bridgehead atoms. The summed E-state index contributed by atoms with van der Waals surface area (Å²) in [5, 5.41) is 12.5. The summed E-state index contributed by atoms with van der Waals surface area (Å²) in [6.45, 7) is 2.05. The van der Waals surface area contributed by atoms with Crippen molar-refractivity contribution >= 4 is 5.97 Å². The summed E-state index contributed by atoms with van der Waals surface area (Å²) in [4.78, 5) is 11.2. The molecule has 0 radical (unpaired) electrons. The highest BCUT2D eigenvalue weighted by Crippen LogP contribution is 2.48. The van der Waals surface area contributed by atoms with E-state index in [2.05, 4.69) is 5.32 Å². The standard InChI is InChI=1S/C15H27NO2/c1-2-5-13(14(17)18)16-12-6-10-15(11-7-12)8-3-4-9-15/h12-13,16H,2-11H2,1H3,(H,17,18). The maximum Gasteiger partial charge on any atom is 0.320 e. The Hall–Kier alpha value is -0.570. The predicted molar refractivity (Wildman–Crippen MR) is 72.6 cm³/mol.